The molecule has 1 aliphatic heterocycles. The Morgan fingerprint density at radius 2 is 2.12 bits per heavy atom. The number of benzene rings is 1. The monoisotopic (exact) mass is 397 g/mol. The van der Waals surface area contributed by atoms with E-state index in [-0.39, 0.29) is 45.5 Å². The van der Waals surface area contributed by atoms with Crippen LogP contribution in [-0.4, -0.2) is 32.5 Å². The number of rotatable bonds is 5. The topological polar surface area (TPSA) is 101 Å². The average Bonchev–Trinajstić information content (AvgIpc) is 2.49. The third kappa shape index (κ3) is 4.80. The van der Waals surface area contributed by atoms with Gasteiger partial charge in [0.05, 0.1) is 14.8 Å². The molecule has 2 unspecified atom stereocenters. The summed E-state index contributed by atoms with van der Waals surface area (Å²) < 4.78 is 27.6. The molecule has 1 aromatic rings. The zero-order chi connectivity index (χ0) is 17.2. The molecule has 0 amide bonds. The minimum atomic E-state index is -3.87. The summed E-state index contributed by atoms with van der Waals surface area (Å²) in [4.78, 5) is 10.2. The van der Waals surface area contributed by atoms with E-state index in [1.165, 1.54) is 13.0 Å². The number of hydrogen-bond acceptors (Lipinski definition) is 5. The van der Waals surface area contributed by atoms with E-state index in [1.807, 2.05) is 0 Å². The Morgan fingerprint density at radius 3 is 2.67 bits per heavy atom. The maximum Gasteiger partial charge on any atom is 0.275 e. The molecule has 1 aromatic carbocycles. The van der Waals surface area contributed by atoms with Crippen LogP contribution in [0.1, 0.15) is 25.3 Å². The van der Waals surface area contributed by atoms with Crippen molar-refractivity contribution >= 4 is 39.7 Å². The number of piperidine rings is 1. The lowest BCUT2D eigenvalue weighted by atomic mass is 9.94. The van der Waals surface area contributed by atoms with Gasteiger partial charge in [0.15, 0.2) is 0 Å². The van der Waals surface area contributed by atoms with Crippen molar-refractivity contribution in [2.45, 2.75) is 37.6 Å². The maximum atomic E-state index is 12.5. The smallest absolute Gasteiger partial charge is 0.275 e. The Balaban J connectivity index is 0.00000288. The normalized spacial score (nSPS) is 19.4. The first-order valence-corrected chi connectivity index (χ1v) is 9.26. The van der Waals surface area contributed by atoms with Crippen molar-refractivity contribution in [2.24, 2.45) is 5.92 Å². The third-order valence-corrected chi connectivity index (χ3v) is 6.11. The highest BCUT2D eigenvalue weighted by atomic mass is 35.5. The van der Waals surface area contributed by atoms with E-state index in [0.717, 1.165) is 32.0 Å². The lowest BCUT2D eigenvalue weighted by Crippen LogP contribution is -2.44. The molecule has 0 aliphatic carbocycles. The minimum absolute atomic E-state index is 0. The second kappa shape index (κ2) is 8.44. The molecule has 2 N–H and O–H groups in total. The predicted molar refractivity (Wildman–Crippen MR) is 95.5 cm³/mol. The summed E-state index contributed by atoms with van der Waals surface area (Å²) >= 11 is 5.95. The average molecular weight is 398 g/mol. The van der Waals surface area contributed by atoms with E-state index < -0.39 is 14.9 Å². The molecule has 2 atom stereocenters. The van der Waals surface area contributed by atoms with Crippen LogP contribution >= 0.6 is 24.0 Å². The molecule has 0 saturated carbocycles. The van der Waals surface area contributed by atoms with Gasteiger partial charge < -0.3 is 5.32 Å². The van der Waals surface area contributed by atoms with Gasteiger partial charge in [-0.25, -0.2) is 13.1 Å². The Bertz CT molecular complexity index is 706. The zero-order valence-corrected chi connectivity index (χ0v) is 15.8. The number of halogens is 2. The largest absolute Gasteiger partial charge is 0.316 e. The first-order valence-electron chi connectivity index (χ1n) is 7.40. The van der Waals surface area contributed by atoms with Crippen LogP contribution in [0.5, 0.6) is 0 Å². The molecular weight excluding hydrogens is 377 g/mol. The predicted octanol–water partition coefficient (Wildman–Crippen LogP) is 2.64. The van der Waals surface area contributed by atoms with Crippen molar-refractivity contribution in [3.8, 4) is 0 Å². The van der Waals surface area contributed by atoms with Crippen molar-refractivity contribution in [3.63, 3.8) is 0 Å². The van der Waals surface area contributed by atoms with Gasteiger partial charge in [-0.3, -0.25) is 10.1 Å². The van der Waals surface area contributed by atoms with Crippen molar-refractivity contribution in [2.75, 3.05) is 13.1 Å². The van der Waals surface area contributed by atoms with E-state index >= 15 is 0 Å². The van der Waals surface area contributed by atoms with Crippen molar-refractivity contribution in [1.29, 1.82) is 0 Å². The molecule has 2 rings (SSSR count). The molecule has 1 aliphatic rings. The van der Waals surface area contributed by atoms with E-state index in [9.17, 15) is 18.5 Å². The second-order valence-electron chi connectivity index (χ2n) is 5.82. The summed E-state index contributed by atoms with van der Waals surface area (Å²) in [5.74, 6) is 0.189. The highest BCUT2D eigenvalue weighted by Crippen LogP contribution is 2.30. The fourth-order valence-corrected chi connectivity index (χ4v) is 4.34. The Labute approximate surface area is 152 Å². The molecule has 7 nitrogen and oxygen atoms in total. The fourth-order valence-electron chi connectivity index (χ4n) is 2.70. The van der Waals surface area contributed by atoms with Crippen molar-refractivity contribution in [3.05, 3.63) is 32.8 Å². The molecule has 0 radical (unpaired) electrons. The highest BCUT2D eigenvalue weighted by molar-refractivity contribution is 7.89. The highest BCUT2D eigenvalue weighted by Gasteiger charge is 2.27. The van der Waals surface area contributed by atoms with Crippen LogP contribution < -0.4 is 10.0 Å². The van der Waals surface area contributed by atoms with Crippen LogP contribution in [0.15, 0.2) is 17.0 Å². The van der Waals surface area contributed by atoms with E-state index in [1.54, 1.807) is 6.92 Å². The number of hydrogen-bond donors (Lipinski definition) is 2. The Morgan fingerprint density at radius 1 is 1.46 bits per heavy atom. The fraction of sp³-hybridized carbons (Fsp3) is 0.571. The first-order chi connectivity index (χ1) is 10.7. The second-order valence-corrected chi connectivity index (χ2v) is 7.94. The van der Waals surface area contributed by atoms with Crippen LogP contribution in [0.4, 0.5) is 5.69 Å². The first kappa shape index (κ1) is 21.1. The Hall–Kier alpha value is -0.930. The number of sulfonamides is 1. The molecular formula is C14H21Cl2N3O4S. The van der Waals surface area contributed by atoms with Gasteiger partial charge in [-0.2, -0.15) is 0 Å². The van der Waals surface area contributed by atoms with Crippen molar-refractivity contribution < 1.29 is 13.3 Å². The van der Waals surface area contributed by atoms with Crippen LogP contribution in [0.2, 0.25) is 5.02 Å². The lowest BCUT2D eigenvalue weighted by Gasteiger charge is -2.28. The summed E-state index contributed by atoms with van der Waals surface area (Å²) in [5.41, 5.74) is -0.0509. The van der Waals surface area contributed by atoms with Gasteiger partial charge in [-0.05, 0) is 51.8 Å². The zero-order valence-electron chi connectivity index (χ0n) is 13.4. The lowest BCUT2D eigenvalue weighted by molar-refractivity contribution is -0.385. The van der Waals surface area contributed by atoms with Gasteiger partial charge in [0, 0.05) is 17.7 Å². The SMILES string of the molecule is Cc1c(Cl)cc(S(=O)(=O)NC(C)C2CCCNC2)cc1[N+](=O)[O-].Cl. The van der Waals surface area contributed by atoms with Crippen LogP contribution in [0.3, 0.4) is 0 Å². The van der Waals surface area contributed by atoms with Gasteiger partial charge >= 0.3 is 0 Å². The molecule has 24 heavy (non-hydrogen) atoms. The summed E-state index contributed by atoms with van der Waals surface area (Å²) in [6.07, 6.45) is 1.93. The van der Waals surface area contributed by atoms with Crippen LogP contribution in [0.25, 0.3) is 0 Å². The number of nitro benzene ring substituents is 1. The Kier molecular flexibility index (Phi) is 7.43. The van der Waals surface area contributed by atoms with Crippen LogP contribution in [0, 0.1) is 23.0 Å². The summed E-state index contributed by atoms with van der Waals surface area (Å²) in [6.45, 7) is 4.98. The number of nitrogens with zero attached hydrogens (tertiary/aromatic N) is 1. The molecule has 136 valence electrons. The summed E-state index contributed by atoms with van der Waals surface area (Å²) in [5, 5.41) is 14.3. The summed E-state index contributed by atoms with van der Waals surface area (Å²) in [7, 11) is -3.87. The molecule has 10 heteroatoms. The van der Waals surface area contributed by atoms with Gasteiger partial charge in [0.2, 0.25) is 10.0 Å². The van der Waals surface area contributed by atoms with E-state index in [2.05, 4.69) is 10.0 Å². The number of nitro groups is 1. The molecule has 1 heterocycles. The molecule has 1 saturated heterocycles. The van der Waals surface area contributed by atoms with Crippen molar-refractivity contribution in [1.82, 2.24) is 10.0 Å². The maximum absolute atomic E-state index is 12.5. The van der Waals surface area contributed by atoms with Gasteiger partial charge in [0.1, 0.15) is 0 Å². The van der Waals surface area contributed by atoms with Gasteiger partial charge in [0.25, 0.3) is 5.69 Å². The van der Waals surface area contributed by atoms with E-state index in [4.69, 9.17) is 11.6 Å². The molecule has 1 fully saturated rings. The summed E-state index contributed by atoms with van der Waals surface area (Å²) in [6, 6.07) is 2.03. The van der Waals surface area contributed by atoms with E-state index in [0.29, 0.717) is 0 Å². The molecule has 0 bridgehead atoms. The molecule has 0 spiro atoms. The minimum Gasteiger partial charge on any atom is -0.316 e. The molecule has 0 aromatic heterocycles. The third-order valence-electron chi connectivity index (χ3n) is 4.18. The number of nitrogens with one attached hydrogen (secondary N) is 2. The van der Waals surface area contributed by atoms with Crippen LogP contribution in [-0.2, 0) is 10.0 Å². The van der Waals surface area contributed by atoms with Gasteiger partial charge in [-0.1, -0.05) is 11.6 Å². The quantitative estimate of drug-likeness (QED) is 0.587. The standard InChI is InChI=1S/C14H20ClN3O4S.ClH/c1-9-13(15)6-12(7-14(9)18(19)20)23(21,22)17-10(2)11-4-3-5-16-8-11;/h6-7,10-11,16-17H,3-5,8H2,1-2H3;1H. The van der Waals surface area contributed by atoms with Gasteiger partial charge in [-0.15, -0.1) is 12.4 Å².